The molecule has 1 saturated carbocycles. The zero-order valence-corrected chi connectivity index (χ0v) is 11.4. The summed E-state index contributed by atoms with van der Waals surface area (Å²) < 4.78 is 9.81. The molecule has 3 N–H and O–H groups in total. The van der Waals surface area contributed by atoms with Crippen molar-refractivity contribution in [3.8, 4) is 0 Å². The van der Waals surface area contributed by atoms with Gasteiger partial charge in [0.2, 0.25) is 0 Å². The number of methoxy groups -OCH3 is 1. The van der Waals surface area contributed by atoms with E-state index >= 15 is 0 Å². The van der Waals surface area contributed by atoms with E-state index < -0.39 is 23.2 Å². The number of carbonyl (C=O) groups is 2. The Balaban J connectivity index is 2.48. The summed E-state index contributed by atoms with van der Waals surface area (Å²) in [5.74, 6) is -0.434. The van der Waals surface area contributed by atoms with Crippen LogP contribution in [0.2, 0.25) is 0 Å². The molecular weight excluding hydrogens is 236 g/mol. The standard InChI is InChI=1S/C12H22N2O4/c1-11(2,3)18-10(16)14-8-5-6-12(13,7-8)9(15)17-4/h8H,5-7,13H2,1-4H3,(H,14,16). The molecule has 2 atom stereocenters. The lowest BCUT2D eigenvalue weighted by molar-refractivity contribution is -0.146. The Bertz CT molecular complexity index is 337. The number of carbonyl (C=O) groups excluding carboxylic acids is 2. The normalized spacial score (nSPS) is 27.7. The molecule has 2 unspecified atom stereocenters. The van der Waals surface area contributed by atoms with Crippen LogP contribution in [0.25, 0.3) is 0 Å². The first kappa shape index (κ1) is 14.8. The number of nitrogens with one attached hydrogen (secondary N) is 1. The van der Waals surface area contributed by atoms with Crippen LogP contribution in [0.15, 0.2) is 0 Å². The Morgan fingerprint density at radius 2 is 2.00 bits per heavy atom. The fourth-order valence-electron chi connectivity index (χ4n) is 2.06. The van der Waals surface area contributed by atoms with Gasteiger partial charge in [-0.25, -0.2) is 4.79 Å². The molecule has 0 aromatic carbocycles. The lowest BCUT2D eigenvalue weighted by Crippen LogP contribution is -2.48. The Kier molecular flexibility index (Phi) is 4.21. The van der Waals surface area contributed by atoms with Gasteiger partial charge in [-0.2, -0.15) is 0 Å². The maximum atomic E-state index is 11.6. The second kappa shape index (κ2) is 5.14. The summed E-state index contributed by atoms with van der Waals surface area (Å²) in [6.45, 7) is 5.38. The second-order valence-corrected chi connectivity index (χ2v) is 5.73. The molecule has 1 aliphatic rings. The maximum Gasteiger partial charge on any atom is 0.407 e. The first-order valence-electron chi connectivity index (χ1n) is 6.03. The average Bonchev–Trinajstić information content (AvgIpc) is 2.57. The third-order valence-electron chi connectivity index (χ3n) is 2.86. The fourth-order valence-corrected chi connectivity index (χ4v) is 2.06. The number of alkyl carbamates (subject to hydrolysis) is 1. The highest BCUT2D eigenvalue weighted by Crippen LogP contribution is 2.29. The van der Waals surface area contributed by atoms with Gasteiger partial charge in [-0.1, -0.05) is 0 Å². The minimum Gasteiger partial charge on any atom is -0.468 e. The van der Waals surface area contributed by atoms with Gasteiger partial charge in [-0.3, -0.25) is 4.79 Å². The van der Waals surface area contributed by atoms with Crippen molar-refractivity contribution in [2.75, 3.05) is 7.11 Å². The number of ether oxygens (including phenoxy) is 2. The molecule has 1 aliphatic carbocycles. The van der Waals surface area contributed by atoms with Crippen LogP contribution in [0.3, 0.4) is 0 Å². The van der Waals surface area contributed by atoms with Crippen molar-refractivity contribution in [2.45, 2.75) is 57.2 Å². The third-order valence-corrected chi connectivity index (χ3v) is 2.86. The number of hydrogen-bond acceptors (Lipinski definition) is 5. The lowest BCUT2D eigenvalue weighted by Gasteiger charge is -2.23. The van der Waals surface area contributed by atoms with Crippen molar-refractivity contribution in [3.63, 3.8) is 0 Å². The van der Waals surface area contributed by atoms with Gasteiger partial charge in [-0.05, 0) is 40.0 Å². The molecule has 18 heavy (non-hydrogen) atoms. The Labute approximate surface area is 107 Å². The zero-order valence-electron chi connectivity index (χ0n) is 11.4. The van der Waals surface area contributed by atoms with Crippen LogP contribution in [-0.4, -0.2) is 36.4 Å². The molecular formula is C12H22N2O4. The Hall–Kier alpha value is -1.30. The average molecular weight is 258 g/mol. The van der Waals surface area contributed by atoms with Crippen molar-refractivity contribution in [3.05, 3.63) is 0 Å². The van der Waals surface area contributed by atoms with Gasteiger partial charge in [0.05, 0.1) is 7.11 Å². The van der Waals surface area contributed by atoms with E-state index in [1.807, 2.05) is 0 Å². The number of nitrogens with two attached hydrogens (primary N) is 1. The van der Waals surface area contributed by atoms with Crippen LogP contribution < -0.4 is 11.1 Å². The van der Waals surface area contributed by atoms with Crippen molar-refractivity contribution in [2.24, 2.45) is 5.73 Å². The van der Waals surface area contributed by atoms with E-state index in [4.69, 9.17) is 10.5 Å². The summed E-state index contributed by atoms with van der Waals surface area (Å²) in [6, 6.07) is -0.149. The predicted octanol–water partition coefficient (Wildman–Crippen LogP) is 0.934. The molecule has 1 amide bonds. The fraction of sp³-hybridized carbons (Fsp3) is 0.833. The summed E-state index contributed by atoms with van der Waals surface area (Å²) in [7, 11) is 1.31. The minimum absolute atomic E-state index is 0.149. The zero-order chi connectivity index (χ0) is 14.0. The van der Waals surface area contributed by atoms with Gasteiger partial charge in [0.15, 0.2) is 0 Å². The molecule has 0 spiro atoms. The van der Waals surface area contributed by atoms with E-state index in [1.54, 1.807) is 20.8 Å². The SMILES string of the molecule is COC(=O)C1(N)CCC(NC(=O)OC(C)(C)C)C1. The van der Waals surface area contributed by atoms with E-state index in [0.29, 0.717) is 19.3 Å². The molecule has 0 saturated heterocycles. The van der Waals surface area contributed by atoms with E-state index in [9.17, 15) is 9.59 Å². The van der Waals surface area contributed by atoms with Crippen molar-refractivity contribution < 1.29 is 19.1 Å². The first-order valence-corrected chi connectivity index (χ1v) is 6.03. The number of hydrogen-bond donors (Lipinski definition) is 2. The topological polar surface area (TPSA) is 90.6 Å². The largest absolute Gasteiger partial charge is 0.468 e. The van der Waals surface area contributed by atoms with Gasteiger partial charge in [-0.15, -0.1) is 0 Å². The number of amides is 1. The quantitative estimate of drug-likeness (QED) is 0.719. The lowest BCUT2D eigenvalue weighted by atomic mass is 9.99. The monoisotopic (exact) mass is 258 g/mol. The van der Waals surface area contributed by atoms with E-state index in [2.05, 4.69) is 10.1 Å². The third kappa shape index (κ3) is 3.87. The molecule has 6 nitrogen and oxygen atoms in total. The summed E-state index contributed by atoms with van der Waals surface area (Å²) in [5, 5.41) is 2.72. The molecule has 0 bridgehead atoms. The smallest absolute Gasteiger partial charge is 0.407 e. The van der Waals surface area contributed by atoms with Crippen LogP contribution in [0, 0.1) is 0 Å². The molecule has 0 aromatic rings. The molecule has 1 rings (SSSR count). The molecule has 0 heterocycles. The van der Waals surface area contributed by atoms with Gasteiger partial charge in [0.1, 0.15) is 11.1 Å². The number of esters is 1. The number of rotatable bonds is 2. The summed E-state index contributed by atoms with van der Waals surface area (Å²) in [6.07, 6.45) is 1.03. The van der Waals surface area contributed by atoms with Crippen LogP contribution >= 0.6 is 0 Å². The molecule has 0 radical (unpaired) electrons. The van der Waals surface area contributed by atoms with Gasteiger partial charge in [0.25, 0.3) is 0 Å². The van der Waals surface area contributed by atoms with Gasteiger partial charge >= 0.3 is 12.1 Å². The van der Waals surface area contributed by atoms with Crippen molar-refractivity contribution >= 4 is 12.1 Å². The Morgan fingerprint density at radius 1 is 1.39 bits per heavy atom. The van der Waals surface area contributed by atoms with E-state index in [-0.39, 0.29) is 6.04 Å². The van der Waals surface area contributed by atoms with Crippen molar-refractivity contribution in [1.82, 2.24) is 5.32 Å². The summed E-state index contributed by atoms with van der Waals surface area (Å²) in [4.78, 5) is 23.1. The van der Waals surface area contributed by atoms with E-state index in [1.165, 1.54) is 7.11 Å². The highest BCUT2D eigenvalue weighted by molar-refractivity contribution is 5.81. The second-order valence-electron chi connectivity index (χ2n) is 5.73. The maximum absolute atomic E-state index is 11.6. The summed E-state index contributed by atoms with van der Waals surface area (Å²) >= 11 is 0. The van der Waals surface area contributed by atoms with Crippen LogP contribution in [-0.2, 0) is 14.3 Å². The van der Waals surface area contributed by atoms with E-state index in [0.717, 1.165) is 0 Å². The highest BCUT2D eigenvalue weighted by atomic mass is 16.6. The van der Waals surface area contributed by atoms with Crippen molar-refractivity contribution in [1.29, 1.82) is 0 Å². The van der Waals surface area contributed by atoms with Crippen LogP contribution in [0.5, 0.6) is 0 Å². The van der Waals surface area contributed by atoms with Gasteiger partial charge < -0.3 is 20.5 Å². The molecule has 104 valence electrons. The molecule has 6 heteroatoms. The Morgan fingerprint density at radius 3 is 2.50 bits per heavy atom. The van der Waals surface area contributed by atoms with Crippen LogP contribution in [0.1, 0.15) is 40.0 Å². The van der Waals surface area contributed by atoms with Crippen LogP contribution in [0.4, 0.5) is 4.79 Å². The molecule has 1 fully saturated rings. The first-order chi connectivity index (χ1) is 8.16. The molecule has 0 aliphatic heterocycles. The molecule has 0 aromatic heterocycles. The minimum atomic E-state index is -0.992. The summed E-state index contributed by atoms with van der Waals surface area (Å²) in [5.41, 5.74) is 4.41. The van der Waals surface area contributed by atoms with Gasteiger partial charge in [0, 0.05) is 6.04 Å². The predicted molar refractivity (Wildman–Crippen MR) is 65.9 cm³/mol. The highest BCUT2D eigenvalue weighted by Gasteiger charge is 2.43.